The molecule has 4 nitrogen and oxygen atoms in total. The Hall–Kier alpha value is -1.99. The van der Waals surface area contributed by atoms with Gasteiger partial charge in [0.25, 0.3) is 0 Å². The monoisotopic (exact) mass is 262 g/mol. The molecule has 0 bridgehead atoms. The Kier molecular flexibility index (Phi) is 3.02. The van der Waals surface area contributed by atoms with E-state index in [9.17, 15) is 17.6 Å². The predicted octanol–water partition coefficient (Wildman–Crippen LogP) is 2.46. The molecule has 0 aliphatic rings. The first kappa shape index (κ1) is 12.5. The van der Waals surface area contributed by atoms with Crippen molar-refractivity contribution in [3.8, 4) is 0 Å². The molecule has 0 unspecified atom stereocenters. The Balaban J connectivity index is 2.19. The minimum Gasteiger partial charge on any atom is -0.397 e. The van der Waals surface area contributed by atoms with Crippen molar-refractivity contribution in [2.24, 2.45) is 0 Å². The van der Waals surface area contributed by atoms with Gasteiger partial charge in [-0.3, -0.25) is 5.10 Å². The maximum absolute atomic E-state index is 12.7. The molecular weight excluding hydrogens is 252 g/mol. The van der Waals surface area contributed by atoms with Gasteiger partial charge >= 0.3 is 12.3 Å². The van der Waals surface area contributed by atoms with E-state index in [4.69, 9.17) is 5.73 Å². The maximum Gasteiger partial charge on any atom is 0.324 e. The summed E-state index contributed by atoms with van der Waals surface area (Å²) in [5.74, 6) is -4.10. The number of hydrogen-bond donors (Lipinski definition) is 3. The lowest BCUT2D eigenvalue weighted by atomic mass is 10.2. The van der Waals surface area contributed by atoms with E-state index in [2.05, 4.69) is 15.5 Å². The summed E-state index contributed by atoms with van der Waals surface area (Å²) in [7, 11) is 0. The zero-order chi connectivity index (χ0) is 13.3. The molecule has 2 aromatic rings. The lowest BCUT2D eigenvalue weighted by molar-refractivity contribution is -0.117. The fourth-order valence-corrected chi connectivity index (χ4v) is 1.45. The van der Waals surface area contributed by atoms with Gasteiger partial charge in [0, 0.05) is 5.39 Å². The summed E-state index contributed by atoms with van der Waals surface area (Å²) in [4.78, 5) is 0. The molecule has 0 saturated heterocycles. The van der Waals surface area contributed by atoms with Crippen LogP contribution in [0.25, 0.3) is 10.9 Å². The molecule has 0 atom stereocenters. The number of hydrogen-bond acceptors (Lipinski definition) is 3. The van der Waals surface area contributed by atoms with Crippen molar-refractivity contribution >= 4 is 22.3 Å². The summed E-state index contributed by atoms with van der Waals surface area (Å²) >= 11 is 0. The zero-order valence-corrected chi connectivity index (χ0v) is 9.05. The third-order valence-corrected chi connectivity index (χ3v) is 2.44. The van der Waals surface area contributed by atoms with Crippen LogP contribution < -0.4 is 11.1 Å². The molecule has 0 spiro atoms. The van der Waals surface area contributed by atoms with Gasteiger partial charge < -0.3 is 11.1 Å². The van der Waals surface area contributed by atoms with Crippen molar-refractivity contribution in [2.75, 3.05) is 17.6 Å². The summed E-state index contributed by atoms with van der Waals surface area (Å²) in [6.45, 7) is -1.19. The smallest absolute Gasteiger partial charge is 0.324 e. The van der Waals surface area contributed by atoms with Gasteiger partial charge in [-0.15, -0.1) is 0 Å². The highest BCUT2D eigenvalue weighted by Crippen LogP contribution is 2.27. The van der Waals surface area contributed by atoms with Crippen LogP contribution in [-0.4, -0.2) is 29.1 Å². The molecule has 18 heavy (non-hydrogen) atoms. The highest BCUT2D eigenvalue weighted by atomic mass is 19.3. The van der Waals surface area contributed by atoms with Crippen LogP contribution >= 0.6 is 0 Å². The number of benzene rings is 1. The van der Waals surface area contributed by atoms with E-state index in [0.29, 0.717) is 10.9 Å². The first-order chi connectivity index (χ1) is 8.40. The van der Waals surface area contributed by atoms with Crippen molar-refractivity contribution in [2.45, 2.75) is 12.3 Å². The molecule has 1 aromatic carbocycles. The van der Waals surface area contributed by atoms with E-state index >= 15 is 0 Å². The fourth-order valence-electron chi connectivity index (χ4n) is 1.45. The Morgan fingerprint density at radius 3 is 2.78 bits per heavy atom. The quantitative estimate of drug-likeness (QED) is 0.585. The van der Waals surface area contributed by atoms with Crippen molar-refractivity contribution < 1.29 is 17.6 Å². The molecular formula is C10H10F4N4. The number of alkyl halides is 4. The second-order valence-corrected chi connectivity index (χ2v) is 3.81. The van der Waals surface area contributed by atoms with Crippen LogP contribution in [0.1, 0.15) is 0 Å². The van der Waals surface area contributed by atoms with Gasteiger partial charge in [0.05, 0.1) is 29.6 Å². The van der Waals surface area contributed by atoms with E-state index in [1.165, 1.54) is 18.3 Å². The lowest BCUT2D eigenvalue weighted by Crippen LogP contribution is -2.34. The molecule has 8 heteroatoms. The molecule has 1 heterocycles. The molecule has 2 rings (SSSR count). The zero-order valence-electron chi connectivity index (χ0n) is 9.05. The van der Waals surface area contributed by atoms with Crippen LogP contribution in [-0.2, 0) is 0 Å². The second kappa shape index (κ2) is 4.35. The van der Waals surface area contributed by atoms with Crippen LogP contribution in [0.3, 0.4) is 0 Å². The van der Waals surface area contributed by atoms with Gasteiger partial charge in [-0.05, 0) is 12.1 Å². The fraction of sp³-hybridized carbons (Fsp3) is 0.300. The van der Waals surface area contributed by atoms with Crippen molar-refractivity contribution in [3.05, 3.63) is 18.3 Å². The summed E-state index contributed by atoms with van der Waals surface area (Å²) in [5, 5.41) is 9.29. The van der Waals surface area contributed by atoms with Crippen LogP contribution in [0.15, 0.2) is 18.3 Å². The Labute approximate surface area is 99.2 Å². The van der Waals surface area contributed by atoms with Gasteiger partial charge in [-0.25, -0.2) is 8.78 Å². The van der Waals surface area contributed by atoms with Crippen LogP contribution in [0.5, 0.6) is 0 Å². The van der Waals surface area contributed by atoms with Gasteiger partial charge in [0.15, 0.2) is 0 Å². The maximum atomic E-state index is 12.7. The first-order valence-corrected chi connectivity index (χ1v) is 5.02. The van der Waals surface area contributed by atoms with E-state index in [1.807, 2.05) is 0 Å². The molecule has 0 fully saturated rings. The largest absolute Gasteiger partial charge is 0.397 e. The van der Waals surface area contributed by atoms with E-state index in [0.717, 1.165) is 0 Å². The molecule has 0 aliphatic heterocycles. The van der Waals surface area contributed by atoms with Gasteiger partial charge in [0.2, 0.25) is 0 Å². The number of H-pyrrole nitrogens is 1. The Morgan fingerprint density at radius 1 is 1.39 bits per heavy atom. The summed E-state index contributed by atoms with van der Waals surface area (Å²) in [6, 6.07) is 2.96. The summed E-state index contributed by atoms with van der Waals surface area (Å²) < 4.78 is 49.5. The SMILES string of the molecule is Nc1cc2cn[nH]c2cc1NCC(F)(F)C(F)F. The standard InChI is InChI=1S/C10H10F4N4/c11-9(12)10(13,14)4-16-8-2-7-5(1-6(8)15)3-17-18-7/h1-3,9,16H,4,15H2,(H,17,18). The number of rotatable bonds is 4. The number of fused-ring (bicyclic) bond motifs is 1. The molecule has 0 aliphatic carbocycles. The summed E-state index contributed by atoms with van der Waals surface area (Å²) in [5.41, 5.74) is 6.54. The van der Waals surface area contributed by atoms with Gasteiger partial charge in [-0.1, -0.05) is 0 Å². The van der Waals surface area contributed by atoms with E-state index in [1.54, 1.807) is 0 Å². The average molecular weight is 262 g/mol. The highest BCUT2D eigenvalue weighted by Gasteiger charge is 2.40. The van der Waals surface area contributed by atoms with Crippen LogP contribution in [0, 0.1) is 0 Å². The molecule has 98 valence electrons. The van der Waals surface area contributed by atoms with Gasteiger partial charge in [0.1, 0.15) is 0 Å². The number of anilines is 2. The third kappa shape index (κ3) is 2.31. The number of aromatic nitrogens is 2. The van der Waals surface area contributed by atoms with Crippen LogP contribution in [0.2, 0.25) is 0 Å². The van der Waals surface area contributed by atoms with Gasteiger partial charge in [-0.2, -0.15) is 13.9 Å². The molecule has 0 amide bonds. The summed E-state index contributed by atoms with van der Waals surface area (Å²) in [6.07, 6.45) is -2.20. The Bertz CT molecular complexity index is 552. The number of nitrogen functional groups attached to an aromatic ring is 1. The number of halogens is 4. The third-order valence-electron chi connectivity index (χ3n) is 2.44. The Morgan fingerprint density at radius 2 is 2.11 bits per heavy atom. The number of nitrogens with two attached hydrogens (primary N) is 1. The predicted molar refractivity (Wildman–Crippen MR) is 59.9 cm³/mol. The topological polar surface area (TPSA) is 66.7 Å². The van der Waals surface area contributed by atoms with E-state index < -0.39 is 18.9 Å². The average Bonchev–Trinajstić information content (AvgIpc) is 2.72. The number of nitrogens with zero attached hydrogens (tertiary/aromatic N) is 1. The minimum atomic E-state index is -4.10. The molecule has 0 saturated carbocycles. The molecule has 4 N–H and O–H groups in total. The highest BCUT2D eigenvalue weighted by molar-refractivity contribution is 5.88. The second-order valence-electron chi connectivity index (χ2n) is 3.81. The lowest BCUT2D eigenvalue weighted by Gasteiger charge is -2.17. The minimum absolute atomic E-state index is 0.159. The van der Waals surface area contributed by atoms with E-state index in [-0.39, 0.29) is 11.4 Å². The van der Waals surface area contributed by atoms with Crippen molar-refractivity contribution in [3.63, 3.8) is 0 Å². The number of nitrogens with one attached hydrogen (secondary N) is 2. The molecule has 1 aromatic heterocycles. The number of aromatic amines is 1. The van der Waals surface area contributed by atoms with Crippen molar-refractivity contribution in [1.29, 1.82) is 0 Å². The van der Waals surface area contributed by atoms with Crippen LogP contribution in [0.4, 0.5) is 28.9 Å². The first-order valence-electron chi connectivity index (χ1n) is 5.02. The molecule has 0 radical (unpaired) electrons. The van der Waals surface area contributed by atoms with Crippen molar-refractivity contribution in [1.82, 2.24) is 10.2 Å². The normalized spacial score (nSPS) is 12.3.